The summed E-state index contributed by atoms with van der Waals surface area (Å²) < 4.78 is 4.65. The second-order valence-electron chi connectivity index (χ2n) is 7.06. The van der Waals surface area contributed by atoms with Crippen molar-refractivity contribution in [2.45, 2.75) is 51.6 Å². The molecule has 0 saturated heterocycles. The van der Waals surface area contributed by atoms with Crippen molar-refractivity contribution < 1.29 is 4.57 Å². The highest BCUT2D eigenvalue weighted by molar-refractivity contribution is 5.30. The number of aromatic nitrogens is 2. The molecule has 0 aliphatic rings. The third kappa shape index (κ3) is 3.68. The molecule has 0 aliphatic carbocycles. The van der Waals surface area contributed by atoms with Gasteiger partial charge in [-0.1, -0.05) is 74.5 Å². The van der Waals surface area contributed by atoms with E-state index in [1.165, 1.54) is 11.1 Å². The van der Waals surface area contributed by atoms with Gasteiger partial charge in [0.1, 0.15) is 18.4 Å². The first-order valence-corrected chi connectivity index (χ1v) is 9.33. The van der Waals surface area contributed by atoms with E-state index in [4.69, 9.17) is 0 Å². The molecule has 1 aromatic heterocycles. The zero-order valence-electron chi connectivity index (χ0n) is 15.6. The highest BCUT2D eigenvalue weighted by Gasteiger charge is 2.39. The largest absolute Gasteiger partial charge is 0.243 e. The molecule has 3 rings (SSSR count). The van der Waals surface area contributed by atoms with E-state index in [-0.39, 0.29) is 5.41 Å². The van der Waals surface area contributed by atoms with Crippen LogP contribution in [0.2, 0.25) is 0 Å². The molecule has 0 saturated carbocycles. The number of aryl methyl sites for hydroxylation is 1. The molecule has 0 fully saturated rings. The van der Waals surface area contributed by atoms with E-state index >= 15 is 0 Å². The number of hydrogen-bond donors (Lipinski definition) is 0. The van der Waals surface area contributed by atoms with Gasteiger partial charge in [0.25, 0.3) is 0 Å². The van der Waals surface area contributed by atoms with Crippen molar-refractivity contribution in [2.75, 3.05) is 0 Å². The summed E-state index contributed by atoms with van der Waals surface area (Å²) in [5.74, 6) is 0. The lowest BCUT2D eigenvalue weighted by Gasteiger charge is -2.36. The third-order valence-electron chi connectivity index (χ3n) is 5.41. The molecule has 0 radical (unpaired) electrons. The standard InChI is InChI=1S/C23H29N2/c1-4-22(25-17-16-24(5-2)19-25)23(3,21-14-10-7-11-15-21)18-20-12-8-6-9-13-20/h6-17,19,22H,4-5,18H2,1-3H3/q+1. The fourth-order valence-electron chi connectivity index (χ4n) is 4.02. The van der Waals surface area contributed by atoms with E-state index in [2.05, 4.69) is 109 Å². The third-order valence-corrected chi connectivity index (χ3v) is 5.41. The highest BCUT2D eigenvalue weighted by atomic mass is 15.1. The van der Waals surface area contributed by atoms with Crippen molar-refractivity contribution in [3.63, 3.8) is 0 Å². The lowest BCUT2D eigenvalue weighted by atomic mass is 9.70. The SMILES string of the molecule is CCC(n1cc[n+](CC)c1)C(C)(Cc1ccccc1)c1ccccc1. The highest BCUT2D eigenvalue weighted by Crippen LogP contribution is 2.40. The Balaban J connectivity index is 2.05. The van der Waals surface area contributed by atoms with Crippen LogP contribution in [-0.4, -0.2) is 4.57 Å². The molecule has 2 atom stereocenters. The molecule has 0 amide bonds. The van der Waals surface area contributed by atoms with Crippen molar-refractivity contribution in [1.82, 2.24) is 4.57 Å². The molecule has 0 aliphatic heterocycles. The average molecular weight is 333 g/mol. The van der Waals surface area contributed by atoms with Gasteiger partial charge < -0.3 is 0 Å². The van der Waals surface area contributed by atoms with Crippen LogP contribution in [0.3, 0.4) is 0 Å². The molecule has 0 bridgehead atoms. The van der Waals surface area contributed by atoms with Crippen LogP contribution in [0.15, 0.2) is 79.4 Å². The van der Waals surface area contributed by atoms with E-state index in [1.807, 2.05) is 0 Å². The van der Waals surface area contributed by atoms with Gasteiger partial charge in [-0.25, -0.2) is 9.13 Å². The zero-order chi connectivity index (χ0) is 17.7. The molecule has 2 aromatic carbocycles. The molecule has 0 N–H and O–H groups in total. The molecule has 0 spiro atoms. The first-order chi connectivity index (χ1) is 12.2. The van der Waals surface area contributed by atoms with Crippen LogP contribution in [0.25, 0.3) is 0 Å². The van der Waals surface area contributed by atoms with Gasteiger partial charge in [-0.15, -0.1) is 0 Å². The second kappa shape index (κ2) is 7.69. The van der Waals surface area contributed by atoms with Crippen LogP contribution in [0.4, 0.5) is 0 Å². The van der Waals surface area contributed by atoms with Gasteiger partial charge >= 0.3 is 0 Å². The van der Waals surface area contributed by atoms with Crippen molar-refractivity contribution >= 4 is 0 Å². The summed E-state index contributed by atoms with van der Waals surface area (Å²) in [7, 11) is 0. The van der Waals surface area contributed by atoms with E-state index in [1.54, 1.807) is 0 Å². The Hall–Kier alpha value is -2.35. The maximum Gasteiger partial charge on any atom is 0.243 e. The van der Waals surface area contributed by atoms with E-state index < -0.39 is 0 Å². The number of rotatable bonds is 7. The Labute approximate surface area is 151 Å². The minimum Gasteiger partial charge on any atom is -0.237 e. The summed E-state index contributed by atoms with van der Waals surface area (Å²) >= 11 is 0. The topological polar surface area (TPSA) is 8.81 Å². The molecular formula is C23H29N2+. The van der Waals surface area contributed by atoms with Crippen molar-refractivity contribution in [2.24, 2.45) is 0 Å². The normalized spacial score (nSPS) is 14.8. The van der Waals surface area contributed by atoms with Gasteiger partial charge in [0.2, 0.25) is 6.33 Å². The molecule has 2 nitrogen and oxygen atoms in total. The number of benzene rings is 2. The summed E-state index contributed by atoms with van der Waals surface area (Å²) in [5, 5.41) is 0. The lowest BCUT2D eigenvalue weighted by molar-refractivity contribution is -0.693. The molecule has 25 heavy (non-hydrogen) atoms. The summed E-state index contributed by atoms with van der Waals surface area (Å²) in [6.07, 6.45) is 8.78. The molecule has 130 valence electrons. The average Bonchev–Trinajstić information content (AvgIpc) is 3.12. The Kier molecular flexibility index (Phi) is 5.37. The summed E-state index contributed by atoms with van der Waals surface area (Å²) in [6, 6.07) is 22.3. The fourth-order valence-corrected chi connectivity index (χ4v) is 4.02. The van der Waals surface area contributed by atoms with Gasteiger partial charge in [0.05, 0.1) is 6.54 Å². The summed E-state index contributed by atoms with van der Waals surface area (Å²) in [4.78, 5) is 0. The van der Waals surface area contributed by atoms with Gasteiger partial charge in [-0.2, -0.15) is 0 Å². The van der Waals surface area contributed by atoms with E-state index in [0.717, 1.165) is 19.4 Å². The monoisotopic (exact) mass is 333 g/mol. The predicted octanol–water partition coefficient (Wildman–Crippen LogP) is 4.95. The number of imidazole rings is 1. The van der Waals surface area contributed by atoms with Crippen molar-refractivity contribution in [3.8, 4) is 0 Å². The van der Waals surface area contributed by atoms with Crippen LogP contribution in [0.1, 0.15) is 44.4 Å². The van der Waals surface area contributed by atoms with Crippen molar-refractivity contribution in [1.29, 1.82) is 0 Å². The van der Waals surface area contributed by atoms with Crippen LogP contribution in [-0.2, 0) is 18.4 Å². The van der Waals surface area contributed by atoms with Crippen LogP contribution in [0, 0.1) is 0 Å². The minimum absolute atomic E-state index is 0.0297. The van der Waals surface area contributed by atoms with Crippen molar-refractivity contribution in [3.05, 3.63) is 90.5 Å². The first kappa shape index (κ1) is 17.5. The maximum absolute atomic E-state index is 2.42. The minimum atomic E-state index is 0.0297. The molecule has 3 aromatic rings. The fraction of sp³-hybridized carbons (Fsp3) is 0.348. The van der Waals surface area contributed by atoms with Gasteiger partial charge in [0.15, 0.2) is 0 Å². The quantitative estimate of drug-likeness (QED) is 0.541. The van der Waals surface area contributed by atoms with E-state index in [9.17, 15) is 0 Å². The lowest BCUT2D eigenvalue weighted by Crippen LogP contribution is -2.37. The molecule has 2 unspecified atom stereocenters. The molecule has 2 heteroatoms. The van der Waals surface area contributed by atoms with Gasteiger partial charge in [-0.05, 0) is 30.9 Å². The van der Waals surface area contributed by atoms with Crippen LogP contribution < -0.4 is 4.57 Å². The molecular weight excluding hydrogens is 304 g/mol. The second-order valence-corrected chi connectivity index (χ2v) is 7.06. The Bertz CT molecular complexity index is 776. The Morgan fingerprint density at radius 1 is 0.960 bits per heavy atom. The predicted molar refractivity (Wildman–Crippen MR) is 104 cm³/mol. The van der Waals surface area contributed by atoms with Gasteiger partial charge in [-0.3, -0.25) is 0 Å². The Morgan fingerprint density at radius 3 is 2.16 bits per heavy atom. The zero-order valence-corrected chi connectivity index (χ0v) is 15.6. The Morgan fingerprint density at radius 2 is 1.60 bits per heavy atom. The van der Waals surface area contributed by atoms with E-state index in [0.29, 0.717) is 6.04 Å². The first-order valence-electron chi connectivity index (χ1n) is 9.33. The van der Waals surface area contributed by atoms with Crippen LogP contribution in [0.5, 0.6) is 0 Å². The summed E-state index contributed by atoms with van der Waals surface area (Å²) in [5.41, 5.74) is 2.83. The van der Waals surface area contributed by atoms with Crippen LogP contribution >= 0.6 is 0 Å². The molecule has 1 heterocycles. The summed E-state index contributed by atoms with van der Waals surface area (Å²) in [6.45, 7) is 7.91. The number of nitrogens with zero attached hydrogens (tertiary/aromatic N) is 2. The number of hydrogen-bond acceptors (Lipinski definition) is 0. The van der Waals surface area contributed by atoms with Gasteiger partial charge in [0, 0.05) is 5.41 Å². The maximum atomic E-state index is 2.42. The smallest absolute Gasteiger partial charge is 0.237 e.